The smallest absolute Gasteiger partial charge is 0.242 e. The van der Waals surface area contributed by atoms with Crippen molar-refractivity contribution in [2.24, 2.45) is 7.05 Å². The van der Waals surface area contributed by atoms with Crippen molar-refractivity contribution in [3.63, 3.8) is 0 Å². The number of aryl methyl sites for hydroxylation is 1. The number of anilines is 1. The Kier molecular flexibility index (Phi) is 1.99. The van der Waals surface area contributed by atoms with Crippen LogP contribution in [0, 0.1) is 0 Å². The average Bonchev–Trinajstić information content (AvgIpc) is 2.71. The molecule has 0 bridgehead atoms. The molecule has 0 unspecified atom stereocenters. The molecule has 0 aromatic carbocycles. The fourth-order valence-corrected chi connectivity index (χ4v) is 0.995. The minimum atomic E-state index is 0.628. The standard InChI is InChI=1S/C8H10N4O/c1-12-6-10-8(11-12)9-4-7-2-3-13-5-7/h2-3,5-6H,4H2,1H3,(H,9,11). The fraction of sp³-hybridized carbons (Fsp3) is 0.250. The van der Waals surface area contributed by atoms with E-state index in [1.54, 1.807) is 23.5 Å². The van der Waals surface area contributed by atoms with E-state index >= 15 is 0 Å². The number of nitrogens with one attached hydrogen (secondary N) is 1. The van der Waals surface area contributed by atoms with Crippen LogP contribution < -0.4 is 5.32 Å². The van der Waals surface area contributed by atoms with E-state index in [1.165, 1.54) is 0 Å². The van der Waals surface area contributed by atoms with Crippen LogP contribution in [-0.4, -0.2) is 14.8 Å². The van der Waals surface area contributed by atoms with E-state index < -0.39 is 0 Å². The predicted molar refractivity (Wildman–Crippen MR) is 47.0 cm³/mol. The summed E-state index contributed by atoms with van der Waals surface area (Å²) in [6, 6.07) is 1.90. The van der Waals surface area contributed by atoms with Crippen LogP contribution in [0.25, 0.3) is 0 Å². The lowest BCUT2D eigenvalue weighted by Gasteiger charge is -1.96. The van der Waals surface area contributed by atoms with Crippen molar-refractivity contribution in [3.8, 4) is 0 Å². The Morgan fingerprint density at radius 3 is 3.15 bits per heavy atom. The Labute approximate surface area is 75.4 Å². The number of rotatable bonds is 3. The van der Waals surface area contributed by atoms with Gasteiger partial charge in [-0.15, -0.1) is 5.10 Å². The topological polar surface area (TPSA) is 55.9 Å². The minimum absolute atomic E-state index is 0.628. The summed E-state index contributed by atoms with van der Waals surface area (Å²) in [6.45, 7) is 0.681. The van der Waals surface area contributed by atoms with Crippen LogP contribution >= 0.6 is 0 Å². The van der Waals surface area contributed by atoms with Crippen LogP contribution in [0.15, 0.2) is 29.3 Å². The molecular formula is C8H10N4O. The van der Waals surface area contributed by atoms with Gasteiger partial charge in [0.2, 0.25) is 5.95 Å². The first-order valence-corrected chi connectivity index (χ1v) is 3.95. The Morgan fingerprint density at radius 2 is 2.54 bits per heavy atom. The molecule has 0 atom stereocenters. The highest BCUT2D eigenvalue weighted by Gasteiger charge is 1.98. The summed E-state index contributed by atoms with van der Waals surface area (Å²) in [7, 11) is 1.83. The van der Waals surface area contributed by atoms with Gasteiger partial charge in [0, 0.05) is 19.2 Å². The van der Waals surface area contributed by atoms with Gasteiger partial charge in [-0.1, -0.05) is 0 Å². The number of hydrogen-bond acceptors (Lipinski definition) is 4. The van der Waals surface area contributed by atoms with Crippen molar-refractivity contribution >= 4 is 5.95 Å². The second-order valence-corrected chi connectivity index (χ2v) is 2.73. The molecule has 5 heteroatoms. The molecule has 0 saturated carbocycles. The molecule has 0 spiro atoms. The molecule has 2 heterocycles. The van der Waals surface area contributed by atoms with Gasteiger partial charge >= 0.3 is 0 Å². The van der Waals surface area contributed by atoms with Gasteiger partial charge in [0.1, 0.15) is 6.33 Å². The van der Waals surface area contributed by atoms with Crippen molar-refractivity contribution in [3.05, 3.63) is 30.5 Å². The molecule has 0 saturated heterocycles. The molecule has 0 aliphatic rings. The summed E-state index contributed by atoms with van der Waals surface area (Å²) in [4.78, 5) is 4.03. The van der Waals surface area contributed by atoms with Crippen molar-refractivity contribution in [2.75, 3.05) is 5.32 Å². The van der Waals surface area contributed by atoms with Gasteiger partial charge in [0.05, 0.1) is 12.5 Å². The maximum Gasteiger partial charge on any atom is 0.242 e. The predicted octanol–water partition coefficient (Wildman–Crippen LogP) is 1.02. The lowest BCUT2D eigenvalue weighted by molar-refractivity contribution is 0.564. The van der Waals surface area contributed by atoms with Gasteiger partial charge in [0.25, 0.3) is 0 Å². The molecule has 0 fully saturated rings. The molecule has 1 N–H and O–H groups in total. The maximum atomic E-state index is 4.92. The van der Waals surface area contributed by atoms with Crippen molar-refractivity contribution < 1.29 is 4.42 Å². The second kappa shape index (κ2) is 3.30. The highest BCUT2D eigenvalue weighted by atomic mass is 16.3. The van der Waals surface area contributed by atoms with E-state index in [2.05, 4.69) is 15.4 Å². The Morgan fingerprint density at radius 1 is 1.62 bits per heavy atom. The van der Waals surface area contributed by atoms with Crippen LogP contribution in [0.5, 0.6) is 0 Å². The number of aromatic nitrogens is 3. The summed E-state index contributed by atoms with van der Waals surface area (Å²) >= 11 is 0. The average molecular weight is 178 g/mol. The highest BCUT2D eigenvalue weighted by molar-refractivity contribution is 5.23. The van der Waals surface area contributed by atoms with Crippen LogP contribution in [0.1, 0.15) is 5.56 Å². The molecule has 2 rings (SSSR count). The first-order chi connectivity index (χ1) is 6.34. The third-order valence-electron chi connectivity index (χ3n) is 1.63. The van der Waals surface area contributed by atoms with Gasteiger partial charge in [-0.05, 0) is 6.07 Å². The van der Waals surface area contributed by atoms with Crippen LogP contribution in [0.4, 0.5) is 5.95 Å². The Hall–Kier alpha value is -1.78. The first kappa shape index (κ1) is 7.85. The Bertz CT molecular complexity index is 365. The third-order valence-corrected chi connectivity index (χ3v) is 1.63. The minimum Gasteiger partial charge on any atom is -0.472 e. The van der Waals surface area contributed by atoms with Crippen LogP contribution in [-0.2, 0) is 13.6 Å². The molecule has 0 aliphatic heterocycles. The maximum absolute atomic E-state index is 4.92. The van der Waals surface area contributed by atoms with E-state index in [1.807, 2.05) is 13.1 Å². The zero-order valence-electron chi connectivity index (χ0n) is 7.27. The lowest BCUT2D eigenvalue weighted by atomic mass is 10.3. The largest absolute Gasteiger partial charge is 0.472 e. The summed E-state index contributed by atoms with van der Waals surface area (Å²) < 4.78 is 6.57. The fourth-order valence-electron chi connectivity index (χ4n) is 0.995. The number of nitrogens with zero attached hydrogens (tertiary/aromatic N) is 3. The molecule has 0 amide bonds. The van der Waals surface area contributed by atoms with E-state index in [9.17, 15) is 0 Å². The zero-order chi connectivity index (χ0) is 9.10. The lowest BCUT2D eigenvalue weighted by Crippen LogP contribution is -2.00. The van der Waals surface area contributed by atoms with Gasteiger partial charge in [-0.2, -0.15) is 0 Å². The van der Waals surface area contributed by atoms with E-state index in [0.29, 0.717) is 12.5 Å². The molecule has 2 aromatic heterocycles. The monoisotopic (exact) mass is 178 g/mol. The van der Waals surface area contributed by atoms with Gasteiger partial charge < -0.3 is 9.73 Å². The molecule has 0 aliphatic carbocycles. The van der Waals surface area contributed by atoms with Gasteiger partial charge in [0.15, 0.2) is 0 Å². The third kappa shape index (κ3) is 1.87. The number of hydrogen-bond donors (Lipinski definition) is 1. The summed E-state index contributed by atoms with van der Waals surface area (Å²) in [5.41, 5.74) is 1.08. The van der Waals surface area contributed by atoms with Crippen molar-refractivity contribution in [1.29, 1.82) is 0 Å². The normalized spacial score (nSPS) is 10.2. The first-order valence-electron chi connectivity index (χ1n) is 3.95. The van der Waals surface area contributed by atoms with E-state index in [-0.39, 0.29) is 0 Å². The summed E-state index contributed by atoms with van der Waals surface area (Å²) in [5.74, 6) is 0.628. The number of furan rings is 1. The Balaban J connectivity index is 1.93. The van der Waals surface area contributed by atoms with Crippen LogP contribution in [0.2, 0.25) is 0 Å². The van der Waals surface area contributed by atoms with E-state index in [0.717, 1.165) is 5.56 Å². The van der Waals surface area contributed by atoms with Crippen LogP contribution in [0.3, 0.4) is 0 Å². The van der Waals surface area contributed by atoms with E-state index in [4.69, 9.17) is 4.42 Å². The molecule has 2 aromatic rings. The second-order valence-electron chi connectivity index (χ2n) is 2.73. The van der Waals surface area contributed by atoms with Crippen molar-refractivity contribution in [1.82, 2.24) is 14.8 Å². The zero-order valence-corrected chi connectivity index (χ0v) is 7.27. The van der Waals surface area contributed by atoms with Crippen molar-refractivity contribution in [2.45, 2.75) is 6.54 Å². The molecular weight excluding hydrogens is 168 g/mol. The highest BCUT2D eigenvalue weighted by Crippen LogP contribution is 2.03. The van der Waals surface area contributed by atoms with Gasteiger partial charge in [-0.25, -0.2) is 4.98 Å². The molecule has 0 radical (unpaired) electrons. The molecule has 13 heavy (non-hydrogen) atoms. The molecule has 68 valence electrons. The molecule has 5 nitrogen and oxygen atoms in total. The SMILES string of the molecule is Cn1cnc(NCc2ccoc2)n1. The quantitative estimate of drug-likeness (QED) is 0.762. The van der Waals surface area contributed by atoms with Gasteiger partial charge in [-0.3, -0.25) is 4.68 Å². The summed E-state index contributed by atoms with van der Waals surface area (Å²) in [6.07, 6.45) is 4.98. The summed E-state index contributed by atoms with van der Waals surface area (Å²) in [5, 5.41) is 7.14.